The number of nitrogens with zero attached hydrogens (tertiary/aromatic N) is 2. The van der Waals surface area contributed by atoms with Crippen LogP contribution in [0, 0.1) is 11.8 Å². The van der Waals surface area contributed by atoms with Crippen LogP contribution in [0.1, 0.15) is 44.9 Å². The Morgan fingerprint density at radius 2 is 1.67 bits per heavy atom. The van der Waals surface area contributed by atoms with Crippen LogP contribution in [0.5, 0.6) is 0 Å². The van der Waals surface area contributed by atoms with Gasteiger partial charge in [0.05, 0.1) is 4.90 Å². The zero-order valence-electron chi connectivity index (χ0n) is 17.4. The minimum atomic E-state index is -3.53. The third-order valence-corrected chi connectivity index (χ3v) is 9.21. The maximum absolute atomic E-state index is 12.8. The van der Waals surface area contributed by atoms with E-state index in [0.29, 0.717) is 42.9 Å². The molecule has 0 unspecified atom stereocenters. The van der Waals surface area contributed by atoms with Crippen LogP contribution < -0.4 is 5.32 Å². The maximum Gasteiger partial charge on any atom is 0.243 e. The summed E-state index contributed by atoms with van der Waals surface area (Å²) in [4.78, 5) is 15.6. The lowest BCUT2D eigenvalue weighted by molar-refractivity contribution is -0.126. The Morgan fingerprint density at radius 3 is 2.40 bits per heavy atom. The van der Waals surface area contributed by atoms with Crippen molar-refractivity contribution in [3.63, 3.8) is 0 Å². The van der Waals surface area contributed by atoms with Gasteiger partial charge in [-0.15, -0.1) is 0 Å². The van der Waals surface area contributed by atoms with E-state index < -0.39 is 10.0 Å². The SMILES string of the molecule is O=C(NC[C@H]1CCCN2CCCC[C@H]12)C1CCN(S(=O)(=O)c2ccc(Cl)cc2)CC1. The molecule has 0 radical (unpaired) electrons. The molecule has 0 bridgehead atoms. The summed E-state index contributed by atoms with van der Waals surface area (Å²) >= 11 is 5.87. The second kappa shape index (κ2) is 9.55. The van der Waals surface area contributed by atoms with Gasteiger partial charge in [-0.05, 0) is 81.8 Å². The van der Waals surface area contributed by atoms with Crippen LogP contribution in [-0.2, 0) is 14.8 Å². The summed E-state index contributed by atoms with van der Waals surface area (Å²) in [6.07, 6.45) is 7.40. The lowest BCUT2D eigenvalue weighted by atomic mass is 9.83. The Hall–Kier alpha value is -1.15. The first-order valence-corrected chi connectivity index (χ1v) is 13.0. The van der Waals surface area contributed by atoms with Gasteiger partial charge in [0.1, 0.15) is 0 Å². The second-order valence-electron chi connectivity index (χ2n) is 8.88. The van der Waals surface area contributed by atoms with Gasteiger partial charge in [-0.2, -0.15) is 4.31 Å². The summed E-state index contributed by atoms with van der Waals surface area (Å²) in [5.41, 5.74) is 0. The molecule has 8 heteroatoms. The largest absolute Gasteiger partial charge is 0.356 e. The van der Waals surface area contributed by atoms with E-state index in [4.69, 9.17) is 11.6 Å². The fourth-order valence-electron chi connectivity index (χ4n) is 5.31. The van der Waals surface area contributed by atoms with Crippen molar-refractivity contribution in [1.29, 1.82) is 0 Å². The van der Waals surface area contributed by atoms with Gasteiger partial charge in [-0.1, -0.05) is 18.0 Å². The molecule has 4 rings (SSSR count). The average molecular weight is 454 g/mol. The van der Waals surface area contributed by atoms with Crippen LogP contribution in [0.3, 0.4) is 0 Å². The molecule has 2 atom stereocenters. The summed E-state index contributed by atoms with van der Waals surface area (Å²) in [5.74, 6) is 0.535. The van der Waals surface area contributed by atoms with Crippen molar-refractivity contribution in [2.24, 2.45) is 11.8 Å². The summed E-state index contributed by atoms with van der Waals surface area (Å²) < 4.78 is 27.1. The summed E-state index contributed by atoms with van der Waals surface area (Å²) in [5, 5.41) is 3.71. The first kappa shape index (κ1) is 22.1. The minimum absolute atomic E-state index is 0.0893. The third-order valence-electron chi connectivity index (χ3n) is 7.04. The Morgan fingerprint density at radius 1 is 0.967 bits per heavy atom. The molecular weight excluding hydrogens is 422 g/mol. The number of halogens is 1. The molecule has 3 aliphatic rings. The van der Waals surface area contributed by atoms with Gasteiger partial charge in [0.2, 0.25) is 15.9 Å². The third kappa shape index (κ3) is 4.85. The second-order valence-corrected chi connectivity index (χ2v) is 11.3. The molecule has 166 valence electrons. The van der Waals surface area contributed by atoms with Crippen molar-refractivity contribution in [3.8, 4) is 0 Å². The standard InChI is InChI=1S/C22H32ClN3O3S/c23-19-6-8-20(9-7-19)30(28,29)26-14-10-17(11-15-26)22(27)24-16-18-4-3-13-25-12-2-1-5-21(18)25/h6-9,17-18,21H,1-5,10-16H2,(H,24,27)/t18-,21-/m1/s1. The van der Waals surface area contributed by atoms with Crippen molar-refractivity contribution in [1.82, 2.24) is 14.5 Å². The van der Waals surface area contributed by atoms with Crippen LogP contribution in [0.25, 0.3) is 0 Å². The Labute approximate surface area is 185 Å². The Balaban J connectivity index is 1.27. The van der Waals surface area contributed by atoms with Gasteiger partial charge in [0.15, 0.2) is 0 Å². The van der Waals surface area contributed by atoms with E-state index in [0.717, 1.165) is 6.54 Å². The maximum atomic E-state index is 12.8. The number of fused-ring (bicyclic) bond motifs is 1. The molecule has 0 aliphatic carbocycles. The number of carbonyl (C=O) groups excluding carboxylic acids is 1. The van der Waals surface area contributed by atoms with Crippen molar-refractivity contribution in [3.05, 3.63) is 29.3 Å². The van der Waals surface area contributed by atoms with Gasteiger partial charge in [-0.25, -0.2) is 8.42 Å². The average Bonchev–Trinajstić information content (AvgIpc) is 2.78. The molecule has 1 N–H and O–H groups in total. The molecule has 30 heavy (non-hydrogen) atoms. The molecule has 3 heterocycles. The molecule has 0 saturated carbocycles. The number of rotatable bonds is 5. The molecule has 3 aliphatic heterocycles. The molecule has 6 nitrogen and oxygen atoms in total. The first-order valence-electron chi connectivity index (χ1n) is 11.2. The van der Waals surface area contributed by atoms with Crippen LogP contribution in [0.15, 0.2) is 29.2 Å². The number of benzene rings is 1. The summed E-state index contributed by atoms with van der Waals surface area (Å²) in [7, 11) is -3.53. The zero-order valence-corrected chi connectivity index (χ0v) is 19.0. The van der Waals surface area contributed by atoms with Crippen LogP contribution in [0.2, 0.25) is 5.02 Å². The van der Waals surface area contributed by atoms with Gasteiger partial charge in [0.25, 0.3) is 0 Å². The number of amides is 1. The number of hydrogen-bond donors (Lipinski definition) is 1. The molecule has 3 saturated heterocycles. The molecular formula is C22H32ClN3O3S. The van der Waals surface area contributed by atoms with Crippen LogP contribution >= 0.6 is 11.6 Å². The normalized spacial score (nSPS) is 26.8. The number of sulfonamides is 1. The number of carbonyl (C=O) groups is 1. The van der Waals surface area contributed by atoms with Gasteiger partial charge in [0, 0.05) is 36.6 Å². The lowest BCUT2D eigenvalue weighted by Crippen LogP contribution is -2.51. The Bertz CT molecular complexity index is 836. The number of nitrogens with one attached hydrogen (secondary N) is 1. The van der Waals surface area contributed by atoms with E-state index in [9.17, 15) is 13.2 Å². The summed E-state index contributed by atoms with van der Waals surface area (Å²) in [6.45, 7) is 3.92. The first-order chi connectivity index (χ1) is 14.4. The highest BCUT2D eigenvalue weighted by atomic mass is 35.5. The lowest BCUT2D eigenvalue weighted by Gasteiger charge is -2.44. The fourth-order valence-corrected chi connectivity index (χ4v) is 6.90. The number of hydrogen-bond acceptors (Lipinski definition) is 4. The Kier molecular flexibility index (Phi) is 7.02. The highest BCUT2D eigenvalue weighted by Crippen LogP contribution is 2.31. The highest BCUT2D eigenvalue weighted by Gasteiger charge is 2.35. The zero-order chi connectivity index (χ0) is 21.1. The molecule has 1 amide bonds. The summed E-state index contributed by atoms with van der Waals surface area (Å²) in [6, 6.07) is 6.88. The predicted molar refractivity (Wildman–Crippen MR) is 118 cm³/mol. The molecule has 0 spiro atoms. The van der Waals surface area contributed by atoms with E-state index in [-0.39, 0.29) is 16.7 Å². The minimum Gasteiger partial charge on any atom is -0.356 e. The van der Waals surface area contributed by atoms with Crippen molar-refractivity contribution >= 4 is 27.5 Å². The smallest absolute Gasteiger partial charge is 0.243 e. The van der Waals surface area contributed by atoms with Crippen molar-refractivity contribution in [2.45, 2.75) is 55.9 Å². The van der Waals surface area contributed by atoms with Gasteiger partial charge < -0.3 is 10.2 Å². The van der Waals surface area contributed by atoms with E-state index in [1.807, 2.05) is 0 Å². The highest BCUT2D eigenvalue weighted by molar-refractivity contribution is 7.89. The van der Waals surface area contributed by atoms with Crippen LogP contribution in [-0.4, -0.2) is 62.3 Å². The number of piperidine rings is 3. The molecule has 0 aromatic heterocycles. The van der Waals surface area contributed by atoms with E-state index in [1.54, 1.807) is 12.1 Å². The van der Waals surface area contributed by atoms with Crippen molar-refractivity contribution in [2.75, 3.05) is 32.7 Å². The molecule has 3 fully saturated rings. The monoisotopic (exact) mass is 453 g/mol. The quantitative estimate of drug-likeness (QED) is 0.743. The van der Waals surface area contributed by atoms with E-state index in [1.165, 1.54) is 61.6 Å². The molecule has 1 aromatic rings. The predicted octanol–water partition coefficient (Wildman–Crippen LogP) is 3.12. The van der Waals surface area contributed by atoms with E-state index >= 15 is 0 Å². The van der Waals surface area contributed by atoms with Gasteiger partial charge >= 0.3 is 0 Å². The topological polar surface area (TPSA) is 69.7 Å². The van der Waals surface area contributed by atoms with Crippen LogP contribution in [0.4, 0.5) is 0 Å². The molecule has 1 aromatic carbocycles. The van der Waals surface area contributed by atoms with Gasteiger partial charge in [-0.3, -0.25) is 4.79 Å². The van der Waals surface area contributed by atoms with E-state index in [2.05, 4.69) is 10.2 Å². The van der Waals surface area contributed by atoms with Crippen molar-refractivity contribution < 1.29 is 13.2 Å². The fraction of sp³-hybridized carbons (Fsp3) is 0.682.